The van der Waals surface area contributed by atoms with Crippen LogP contribution < -0.4 is 5.32 Å². The van der Waals surface area contributed by atoms with Gasteiger partial charge in [0.25, 0.3) is 0 Å². The first-order valence-electron chi connectivity index (χ1n) is 9.31. The maximum absolute atomic E-state index is 12.9. The Bertz CT molecular complexity index is 1050. The molecule has 2 heterocycles. The minimum Gasteiger partial charge on any atom is -0.505 e. The molecule has 1 fully saturated rings. The normalized spacial score (nSPS) is 15.7. The molecule has 0 saturated carbocycles. The molecule has 1 aliphatic heterocycles. The van der Waals surface area contributed by atoms with E-state index in [4.69, 9.17) is 4.52 Å². The van der Waals surface area contributed by atoms with Gasteiger partial charge >= 0.3 is 5.97 Å². The number of nitrogens with one attached hydrogen (secondary N) is 1. The Morgan fingerprint density at radius 1 is 1.27 bits per heavy atom. The number of anilines is 1. The maximum Gasteiger partial charge on any atom is 0.341 e. The zero-order chi connectivity index (χ0) is 22.1. The highest BCUT2D eigenvalue weighted by Crippen LogP contribution is 2.31. The Labute approximate surface area is 173 Å². The number of sulfonamides is 1. The Kier molecular flexibility index (Phi) is 6.13. The second-order valence-corrected chi connectivity index (χ2v) is 8.89. The molecule has 1 aromatic heterocycles. The summed E-state index contributed by atoms with van der Waals surface area (Å²) in [7, 11) is -2.57. The number of aryl methyl sites for hydroxylation is 2. The van der Waals surface area contributed by atoms with Gasteiger partial charge in [-0.15, -0.1) is 0 Å². The molecule has 10 nitrogen and oxygen atoms in total. The molecule has 2 aromatic rings. The lowest BCUT2D eigenvalue weighted by Crippen LogP contribution is -2.41. The number of aromatic hydroxyl groups is 1. The van der Waals surface area contributed by atoms with Crippen molar-refractivity contribution in [2.45, 2.75) is 31.6 Å². The van der Waals surface area contributed by atoms with Crippen molar-refractivity contribution < 1.29 is 32.4 Å². The topological polar surface area (TPSA) is 139 Å². The van der Waals surface area contributed by atoms with Crippen molar-refractivity contribution >= 4 is 27.6 Å². The predicted molar refractivity (Wildman–Crippen MR) is 106 cm³/mol. The molecule has 1 saturated heterocycles. The number of carbonyl (C=O) groups excluding carboxylic acids is 2. The number of para-hydroxylation sites is 1. The number of nitrogens with zero attached hydrogens (tertiary/aromatic N) is 2. The molecule has 1 aromatic carbocycles. The summed E-state index contributed by atoms with van der Waals surface area (Å²) in [4.78, 5) is 24.4. The van der Waals surface area contributed by atoms with Gasteiger partial charge in [0.05, 0.1) is 12.8 Å². The third-order valence-corrected chi connectivity index (χ3v) is 7.23. The summed E-state index contributed by atoms with van der Waals surface area (Å²) in [6.45, 7) is 3.44. The van der Waals surface area contributed by atoms with Gasteiger partial charge in [-0.05, 0) is 38.8 Å². The van der Waals surface area contributed by atoms with E-state index in [0.717, 1.165) is 0 Å². The fourth-order valence-corrected chi connectivity index (χ4v) is 5.25. The predicted octanol–water partition coefficient (Wildman–Crippen LogP) is 1.82. The molecule has 11 heteroatoms. The van der Waals surface area contributed by atoms with E-state index in [9.17, 15) is 23.1 Å². The number of ether oxygens (including phenoxy) is 1. The molecule has 2 N–H and O–H groups in total. The molecule has 3 rings (SSSR count). The van der Waals surface area contributed by atoms with E-state index >= 15 is 0 Å². The van der Waals surface area contributed by atoms with Crippen molar-refractivity contribution in [1.82, 2.24) is 9.46 Å². The summed E-state index contributed by atoms with van der Waals surface area (Å²) < 4.78 is 36.6. The fraction of sp³-hybridized carbons (Fsp3) is 0.421. The van der Waals surface area contributed by atoms with Gasteiger partial charge in [-0.3, -0.25) is 4.79 Å². The van der Waals surface area contributed by atoms with Crippen LogP contribution in [0, 0.1) is 19.8 Å². The standard InChI is InChI=1S/C19H23N3O7S/c1-11-17(12(2)29-21-11)30(26,27)22-9-7-13(8-10-22)18(24)20-15-6-4-5-14(16(15)23)19(25)28-3/h4-6,13,23H,7-10H2,1-3H3,(H,20,24). The number of carbonyl (C=O) groups is 2. The second-order valence-electron chi connectivity index (χ2n) is 7.01. The lowest BCUT2D eigenvalue weighted by atomic mass is 9.97. The number of amides is 1. The van der Waals surface area contributed by atoms with Crippen LogP contribution in [-0.2, 0) is 19.6 Å². The number of hydrogen-bond donors (Lipinski definition) is 2. The Morgan fingerprint density at radius 3 is 2.50 bits per heavy atom. The summed E-state index contributed by atoms with van der Waals surface area (Å²) in [5.41, 5.74) is 0.331. The van der Waals surface area contributed by atoms with Gasteiger partial charge < -0.3 is 19.7 Å². The number of phenolic OH excluding ortho intramolecular Hbond substituents is 1. The van der Waals surface area contributed by atoms with Crippen LogP contribution in [0.3, 0.4) is 0 Å². The maximum atomic E-state index is 12.9. The molecule has 0 atom stereocenters. The summed E-state index contributed by atoms with van der Waals surface area (Å²) >= 11 is 0. The van der Waals surface area contributed by atoms with Gasteiger partial charge in [0.2, 0.25) is 15.9 Å². The van der Waals surface area contributed by atoms with Gasteiger partial charge in [0, 0.05) is 19.0 Å². The molecule has 30 heavy (non-hydrogen) atoms. The molecule has 1 aliphatic rings. The number of phenols is 1. The monoisotopic (exact) mass is 437 g/mol. The molecule has 0 unspecified atom stereocenters. The van der Waals surface area contributed by atoms with E-state index in [1.54, 1.807) is 13.8 Å². The van der Waals surface area contributed by atoms with Crippen molar-refractivity contribution in [2.75, 3.05) is 25.5 Å². The highest BCUT2D eigenvalue weighted by Gasteiger charge is 2.35. The second kappa shape index (κ2) is 8.44. The van der Waals surface area contributed by atoms with Crippen LogP contribution in [0.5, 0.6) is 5.75 Å². The number of rotatable bonds is 5. The molecule has 162 valence electrons. The van der Waals surface area contributed by atoms with E-state index < -0.39 is 21.9 Å². The van der Waals surface area contributed by atoms with Crippen molar-refractivity contribution in [3.05, 3.63) is 35.2 Å². The van der Waals surface area contributed by atoms with Crippen molar-refractivity contribution in [3.8, 4) is 5.75 Å². The average Bonchev–Trinajstić information content (AvgIpc) is 3.07. The molecule has 0 aliphatic carbocycles. The largest absolute Gasteiger partial charge is 0.505 e. The zero-order valence-electron chi connectivity index (χ0n) is 16.8. The Morgan fingerprint density at radius 2 is 1.93 bits per heavy atom. The molecular weight excluding hydrogens is 414 g/mol. The van der Waals surface area contributed by atoms with E-state index in [0.29, 0.717) is 18.5 Å². The van der Waals surface area contributed by atoms with Crippen molar-refractivity contribution in [1.29, 1.82) is 0 Å². The van der Waals surface area contributed by atoms with Crippen molar-refractivity contribution in [3.63, 3.8) is 0 Å². The molecule has 0 bridgehead atoms. The lowest BCUT2D eigenvalue weighted by molar-refractivity contribution is -0.120. The number of aromatic nitrogens is 1. The van der Waals surface area contributed by atoms with Gasteiger partial charge in [0.1, 0.15) is 16.2 Å². The van der Waals surface area contributed by atoms with E-state index in [1.807, 2.05) is 0 Å². The zero-order valence-corrected chi connectivity index (χ0v) is 17.7. The van der Waals surface area contributed by atoms with Crippen LogP contribution in [0.25, 0.3) is 0 Å². The lowest BCUT2D eigenvalue weighted by Gasteiger charge is -2.30. The Balaban J connectivity index is 1.67. The molecule has 1 amide bonds. The fourth-order valence-electron chi connectivity index (χ4n) is 3.48. The molecule has 0 radical (unpaired) electrons. The van der Waals surface area contributed by atoms with Gasteiger partial charge in [-0.1, -0.05) is 11.2 Å². The minimum atomic E-state index is -3.76. The number of hydrogen-bond acceptors (Lipinski definition) is 8. The SMILES string of the molecule is COC(=O)c1cccc(NC(=O)C2CCN(S(=O)(=O)c3c(C)noc3C)CC2)c1O. The first-order chi connectivity index (χ1) is 14.2. The third-order valence-electron chi connectivity index (χ3n) is 5.09. The summed E-state index contributed by atoms with van der Waals surface area (Å²) in [5, 5.41) is 16.5. The van der Waals surface area contributed by atoms with Crippen LogP contribution in [-0.4, -0.2) is 55.1 Å². The van der Waals surface area contributed by atoms with E-state index in [-0.39, 0.29) is 46.7 Å². The highest BCUT2D eigenvalue weighted by atomic mass is 32.2. The smallest absolute Gasteiger partial charge is 0.341 e. The quantitative estimate of drug-likeness (QED) is 0.533. The number of piperidine rings is 1. The Hall–Kier alpha value is -2.92. The first kappa shape index (κ1) is 21.8. The summed E-state index contributed by atoms with van der Waals surface area (Å²) in [6, 6.07) is 4.37. The molecule has 0 spiro atoms. The van der Waals surface area contributed by atoms with E-state index in [1.165, 1.54) is 29.6 Å². The minimum absolute atomic E-state index is 0.0596. The highest BCUT2D eigenvalue weighted by molar-refractivity contribution is 7.89. The number of benzene rings is 1. The average molecular weight is 437 g/mol. The number of esters is 1. The third kappa shape index (κ3) is 4.03. The first-order valence-corrected chi connectivity index (χ1v) is 10.7. The van der Waals surface area contributed by atoms with Crippen LogP contribution >= 0.6 is 0 Å². The van der Waals surface area contributed by atoms with Gasteiger partial charge in [-0.25, -0.2) is 13.2 Å². The molecular formula is C19H23N3O7S. The van der Waals surface area contributed by atoms with Crippen LogP contribution in [0.2, 0.25) is 0 Å². The van der Waals surface area contributed by atoms with Crippen LogP contribution in [0.4, 0.5) is 5.69 Å². The van der Waals surface area contributed by atoms with Crippen LogP contribution in [0.1, 0.15) is 34.7 Å². The van der Waals surface area contributed by atoms with Gasteiger partial charge in [-0.2, -0.15) is 4.31 Å². The van der Waals surface area contributed by atoms with E-state index in [2.05, 4.69) is 15.2 Å². The van der Waals surface area contributed by atoms with Gasteiger partial charge in [0.15, 0.2) is 11.5 Å². The summed E-state index contributed by atoms with van der Waals surface area (Å²) in [6.07, 6.45) is 0.623. The van der Waals surface area contributed by atoms with Crippen molar-refractivity contribution in [2.24, 2.45) is 5.92 Å². The summed E-state index contributed by atoms with van der Waals surface area (Å²) in [5.74, 6) is -1.67. The van der Waals surface area contributed by atoms with Crippen LogP contribution in [0.15, 0.2) is 27.6 Å². The number of methoxy groups -OCH3 is 1.